The Bertz CT molecular complexity index is 604. The monoisotopic (exact) mass is 313 g/mol. The molecule has 3 rings (SSSR count). The van der Waals surface area contributed by atoms with E-state index < -0.39 is 0 Å². The summed E-state index contributed by atoms with van der Waals surface area (Å²) in [5.41, 5.74) is 1.27. The van der Waals surface area contributed by atoms with Crippen molar-refractivity contribution in [2.24, 2.45) is 0 Å². The van der Waals surface area contributed by atoms with Gasteiger partial charge >= 0.3 is 0 Å². The van der Waals surface area contributed by atoms with Gasteiger partial charge in [0.05, 0.1) is 12.3 Å². The summed E-state index contributed by atoms with van der Waals surface area (Å²) in [7, 11) is 0. The number of piperazine rings is 1. The summed E-state index contributed by atoms with van der Waals surface area (Å²) in [6, 6.07) is 14.5. The second kappa shape index (κ2) is 7.33. The zero-order valence-corrected chi connectivity index (χ0v) is 13.4. The highest BCUT2D eigenvalue weighted by Gasteiger charge is 2.27. The molecule has 1 aromatic heterocycles. The van der Waals surface area contributed by atoms with Crippen molar-refractivity contribution in [2.45, 2.75) is 13.0 Å². The average molecular weight is 313 g/mol. The van der Waals surface area contributed by atoms with Crippen LogP contribution < -0.4 is 10.2 Å². The Kier molecular flexibility index (Phi) is 4.98. The molecule has 5 heteroatoms. The van der Waals surface area contributed by atoms with E-state index in [-0.39, 0.29) is 11.9 Å². The Balaban J connectivity index is 1.64. The van der Waals surface area contributed by atoms with Crippen LogP contribution in [0.1, 0.15) is 18.7 Å². The molecule has 0 saturated carbocycles. The van der Waals surface area contributed by atoms with Crippen LogP contribution in [0.2, 0.25) is 0 Å². The molecule has 1 N–H and O–H groups in total. The lowest BCUT2D eigenvalue weighted by Crippen LogP contribution is -2.49. The number of amides is 1. The van der Waals surface area contributed by atoms with Crippen molar-refractivity contribution in [1.29, 1.82) is 0 Å². The minimum absolute atomic E-state index is 0.00974. The molecular formula is C18H23N3O2. The molecule has 1 fully saturated rings. The number of hydrogen-bond acceptors (Lipinski definition) is 4. The molecular weight excluding hydrogens is 290 g/mol. The third kappa shape index (κ3) is 3.93. The number of anilines is 1. The number of nitrogens with zero attached hydrogens (tertiary/aromatic N) is 2. The number of carbonyl (C=O) groups is 1. The van der Waals surface area contributed by atoms with E-state index in [0.29, 0.717) is 6.54 Å². The van der Waals surface area contributed by atoms with Gasteiger partial charge in [0.2, 0.25) is 5.91 Å². The quantitative estimate of drug-likeness (QED) is 0.920. The molecule has 2 aromatic rings. The molecule has 1 amide bonds. The highest BCUT2D eigenvalue weighted by molar-refractivity contribution is 5.72. The van der Waals surface area contributed by atoms with Gasteiger partial charge < -0.3 is 14.6 Å². The summed E-state index contributed by atoms with van der Waals surface area (Å²) < 4.78 is 5.59. The first-order valence-corrected chi connectivity index (χ1v) is 8.06. The molecule has 0 spiro atoms. The van der Waals surface area contributed by atoms with Crippen LogP contribution >= 0.6 is 0 Å². The first kappa shape index (κ1) is 15.6. The lowest BCUT2D eigenvalue weighted by atomic mass is 10.1. The third-order valence-corrected chi connectivity index (χ3v) is 4.29. The van der Waals surface area contributed by atoms with Crippen LogP contribution in [0.3, 0.4) is 0 Å². The van der Waals surface area contributed by atoms with Crippen molar-refractivity contribution in [3.8, 4) is 0 Å². The molecule has 0 bridgehead atoms. The summed E-state index contributed by atoms with van der Waals surface area (Å²) in [5.74, 6) is 0.899. The molecule has 2 heterocycles. The lowest BCUT2D eigenvalue weighted by molar-refractivity contribution is -0.119. The predicted octanol–water partition coefficient (Wildman–Crippen LogP) is 2.28. The van der Waals surface area contributed by atoms with Gasteiger partial charge in [-0.25, -0.2) is 0 Å². The number of carbonyl (C=O) groups excluding carboxylic acids is 1. The Morgan fingerprint density at radius 3 is 2.48 bits per heavy atom. The summed E-state index contributed by atoms with van der Waals surface area (Å²) >= 11 is 0. The molecule has 0 radical (unpaired) electrons. The maximum absolute atomic E-state index is 11.3. The van der Waals surface area contributed by atoms with E-state index in [0.717, 1.165) is 31.9 Å². The summed E-state index contributed by atoms with van der Waals surface area (Å²) in [5, 5.41) is 2.92. The molecule has 1 aromatic carbocycles. The van der Waals surface area contributed by atoms with Gasteiger partial charge in [-0.2, -0.15) is 0 Å². The van der Waals surface area contributed by atoms with Crippen LogP contribution in [-0.4, -0.2) is 43.5 Å². The number of para-hydroxylation sites is 1. The Morgan fingerprint density at radius 2 is 1.87 bits per heavy atom. The van der Waals surface area contributed by atoms with E-state index in [1.807, 2.05) is 18.2 Å². The van der Waals surface area contributed by atoms with Crippen LogP contribution in [0.25, 0.3) is 0 Å². The number of nitrogens with one attached hydrogen (secondary N) is 1. The Labute approximate surface area is 136 Å². The standard InChI is InChI=1S/C18H23N3O2/c1-15(22)19-14-17(18-8-5-13-23-18)21-11-9-20(10-12-21)16-6-3-2-4-7-16/h2-8,13,17H,9-12,14H2,1H3,(H,19,22)/t17-/m0/s1. The first-order valence-electron chi connectivity index (χ1n) is 8.06. The molecule has 23 heavy (non-hydrogen) atoms. The highest BCUT2D eigenvalue weighted by Crippen LogP contribution is 2.24. The van der Waals surface area contributed by atoms with E-state index in [2.05, 4.69) is 39.4 Å². The molecule has 5 nitrogen and oxygen atoms in total. The zero-order valence-electron chi connectivity index (χ0n) is 13.4. The second-order valence-electron chi connectivity index (χ2n) is 5.83. The second-order valence-corrected chi connectivity index (χ2v) is 5.83. The largest absolute Gasteiger partial charge is 0.468 e. The highest BCUT2D eigenvalue weighted by atomic mass is 16.3. The van der Waals surface area contributed by atoms with E-state index in [4.69, 9.17) is 4.42 Å². The number of furan rings is 1. The van der Waals surface area contributed by atoms with E-state index in [9.17, 15) is 4.79 Å². The normalized spacial score (nSPS) is 17.0. The van der Waals surface area contributed by atoms with Crippen LogP contribution in [0.15, 0.2) is 53.1 Å². The third-order valence-electron chi connectivity index (χ3n) is 4.29. The van der Waals surface area contributed by atoms with Gasteiger partial charge in [-0.3, -0.25) is 9.69 Å². The molecule has 1 saturated heterocycles. The van der Waals surface area contributed by atoms with Crippen molar-refractivity contribution >= 4 is 11.6 Å². The van der Waals surface area contributed by atoms with Crippen LogP contribution in [0.5, 0.6) is 0 Å². The maximum Gasteiger partial charge on any atom is 0.216 e. The molecule has 1 atom stereocenters. The number of benzene rings is 1. The van der Waals surface area contributed by atoms with Crippen molar-refractivity contribution in [3.63, 3.8) is 0 Å². The summed E-state index contributed by atoms with van der Waals surface area (Å²) in [6.07, 6.45) is 1.69. The van der Waals surface area contributed by atoms with Gasteiger partial charge in [0, 0.05) is 45.3 Å². The number of rotatable bonds is 5. The van der Waals surface area contributed by atoms with Gasteiger partial charge in [-0.1, -0.05) is 18.2 Å². The van der Waals surface area contributed by atoms with Crippen molar-refractivity contribution < 1.29 is 9.21 Å². The van der Waals surface area contributed by atoms with Gasteiger partial charge in [0.15, 0.2) is 0 Å². The summed E-state index contributed by atoms with van der Waals surface area (Å²) in [4.78, 5) is 16.0. The van der Waals surface area contributed by atoms with Crippen molar-refractivity contribution in [1.82, 2.24) is 10.2 Å². The van der Waals surface area contributed by atoms with Gasteiger partial charge in [-0.05, 0) is 24.3 Å². The fraction of sp³-hybridized carbons (Fsp3) is 0.389. The van der Waals surface area contributed by atoms with E-state index >= 15 is 0 Å². The molecule has 122 valence electrons. The average Bonchev–Trinajstić information content (AvgIpc) is 3.10. The summed E-state index contributed by atoms with van der Waals surface area (Å²) in [6.45, 7) is 5.96. The molecule has 0 aliphatic carbocycles. The van der Waals surface area contributed by atoms with E-state index in [1.165, 1.54) is 5.69 Å². The maximum atomic E-state index is 11.3. The van der Waals surface area contributed by atoms with Crippen LogP contribution in [0.4, 0.5) is 5.69 Å². The predicted molar refractivity (Wildman–Crippen MR) is 90.4 cm³/mol. The van der Waals surface area contributed by atoms with E-state index in [1.54, 1.807) is 13.2 Å². The minimum atomic E-state index is -0.00974. The lowest BCUT2D eigenvalue weighted by Gasteiger charge is -2.39. The van der Waals surface area contributed by atoms with Crippen LogP contribution in [-0.2, 0) is 4.79 Å². The van der Waals surface area contributed by atoms with Crippen LogP contribution in [0, 0.1) is 0 Å². The number of hydrogen-bond donors (Lipinski definition) is 1. The minimum Gasteiger partial charge on any atom is -0.468 e. The van der Waals surface area contributed by atoms with Crippen molar-refractivity contribution in [2.75, 3.05) is 37.6 Å². The Hall–Kier alpha value is -2.27. The van der Waals surface area contributed by atoms with Gasteiger partial charge in [0.1, 0.15) is 5.76 Å². The zero-order chi connectivity index (χ0) is 16.1. The first-order chi connectivity index (χ1) is 11.2. The van der Waals surface area contributed by atoms with Gasteiger partial charge in [-0.15, -0.1) is 0 Å². The SMILES string of the molecule is CC(=O)NC[C@@H](c1ccco1)N1CCN(c2ccccc2)CC1. The molecule has 1 aliphatic heterocycles. The fourth-order valence-corrected chi connectivity index (χ4v) is 3.06. The van der Waals surface area contributed by atoms with Crippen molar-refractivity contribution in [3.05, 3.63) is 54.5 Å². The molecule has 1 aliphatic rings. The smallest absolute Gasteiger partial charge is 0.216 e. The Morgan fingerprint density at radius 1 is 1.13 bits per heavy atom. The topological polar surface area (TPSA) is 48.7 Å². The van der Waals surface area contributed by atoms with Gasteiger partial charge in [0.25, 0.3) is 0 Å². The fourth-order valence-electron chi connectivity index (χ4n) is 3.06. The molecule has 0 unspecified atom stereocenters.